The number of amides is 2. The van der Waals surface area contributed by atoms with Crippen LogP contribution in [-0.4, -0.2) is 46.8 Å². The van der Waals surface area contributed by atoms with Gasteiger partial charge >= 0.3 is 0 Å². The summed E-state index contributed by atoms with van der Waals surface area (Å²) in [7, 11) is 0. The summed E-state index contributed by atoms with van der Waals surface area (Å²) in [5, 5.41) is 12.5. The average molecular weight is 390 g/mol. The lowest BCUT2D eigenvalue weighted by atomic mass is 10.1. The number of carbonyl (C=O) groups excluding carboxylic acids is 2. The van der Waals surface area contributed by atoms with Crippen molar-refractivity contribution in [1.29, 1.82) is 5.26 Å². The molecule has 0 saturated carbocycles. The minimum Gasteiger partial charge on any atom is -0.343 e. The summed E-state index contributed by atoms with van der Waals surface area (Å²) in [5.41, 5.74) is 0.298. The highest BCUT2D eigenvalue weighted by atomic mass is 19.3. The van der Waals surface area contributed by atoms with Crippen molar-refractivity contribution in [1.82, 2.24) is 15.2 Å². The molecule has 1 fully saturated rings. The first-order chi connectivity index (χ1) is 13.3. The van der Waals surface area contributed by atoms with Crippen molar-refractivity contribution in [3.05, 3.63) is 41.0 Å². The van der Waals surface area contributed by atoms with Gasteiger partial charge in [-0.1, -0.05) is 32.6 Å². The molecule has 1 atom stereocenters. The summed E-state index contributed by atoms with van der Waals surface area (Å²) < 4.78 is 26.8. The first kappa shape index (κ1) is 23.0. The van der Waals surface area contributed by atoms with Gasteiger partial charge in [0.2, 0.25) is 5.91 Å². The van der Waals surface area contributed by atoms with E-state index in [4.69, 9.17) is 5.26 Å². The Bertz CT molecular complexity index is 890. The van der Waals surface area contributed by atoms with Crippen molar-refractivity contribution < 1.29 is 18.4 Å². The normalized spacial score (nSPS) is 18.7. The monoisotopic (exact) mass is 390 g/mol. The molecule has 8 heteroatoms. The van der Waals surface area contributed by atoms with E-state index in [1.54, 1.807) is 25.1 Å². The van der Waals surface area contributed by atoms with Gasteiger partial charge in [0.05, 0.1) is 24.5 Å². The largest absolute Gasteiger partial charge is 0.343 e. The Morgan fingerprint density at radius 2 is 2.18 bits per heavy atom. The summed E-state index contributed by atoms with van der Waals surface area (Å²) in [4.78, 5) is 29.5. The van der Waals surface area contributed by atoms with Gasteiger partial charge in [-0.05, 0) is 19.1 Å². The molecule has 0 bridgehead atoms. The first-order valence-corrected chi connectivity index (χ1v) is 8.92. The van der Waals surface area contributed by atoms with Gasteiger partial charge < -0.3 is 10.2 Å². The van der Waals surface area contributed by atoms with E-state index in [9.17, 15) is 18.4 Å². The molecule has 28 heavy (non-hydrogen) atoms. The number of rotatable bonds is 4. The Morgan fingerprint density at radius 1 is 1.50 bits per heavy atom. The summed E-state index contributed by atoms with van der Waals surface area (Å²) in [6, 6.07) is 2.00. The third kappa shape index (κ3) is 5.46. The second-order valence-electron chi connectivity index (χ2n) is 5.76. The van der Waals surface area contributed by atoms with E-state index in [1.807, 2.05) is 13.8 Å². The van der Waals surface area contributed by atoms with Gasteiger partial charge in [-0.3, -0.25) is 14.6 Å². The minimum atomic E-state index is -3.09. The zero-order valence-corrected chi connectivity index (χ0v) is 16.2. The lowest BCUT2D eigenvalue weighted by Gasteiger charge is -2.19. The molecule has 1 aliphatic heterocycles. The zero-order chi connectivity index (χ0) is 21.3. The van der Waals surface area contributed by atoms with E-state index >= 15 is 0 Å². The van der Waals surface area contributed by atoms with Crippen LogP contribution >= 0.6 is 0 Å². The fraction of sp³-hybridized carbons (Fsp3) is 0.400. The summed E-state index contributed by atoms with van der Waals surface area (Å²) in [6.45, 7) is 8.04. The molecule has 0 radical (unpaired) electrons. The van der Waals surface area contributed by atoms with Gasteiger partial charge in [0.1, 0.15) is 6.04 Å². The Hall–Kier alpha value is -3.08. The number of aromatic nitrogens is 1. The summed E-state index contributed by atoms with van der Waals surface area (Å²) in [6.07, 6.45) is 5.64. The van der Waals surface area contributed by atoms with Crippen LogP contribution in [0.3, 0.4) is 0 Å². The number of alkyl halides is 2. The van der Waals surface area contributed by atoms with Crippen LogP contribution < -0.4 is 15.9 Å². The third-order valence-electron chi connectivity index (χ3n) is 3.97. The van der Waals surface area contributed by atoms with Gasteiger partial charge in [-0.15, -0.1) is 0 Å². The second-order valence-corrected chi connectivity index (χ2v) is 5.76. The number of halogens is 2. The van der Waals surface area contributed by atoms with E-state index < -0.39 is 43.3 Å². The van der Waals surface area contributed by atoms with Crippen molar-refractivity contribution >= 4 is 24.0 Å². The summed E-state index contributed by atoms with van der Waals surface area (Å²) in [5.74, 6) is -4.35. The molecular formula is C20H24F2N4O2. The highest BCUT2D eigenvalue weighted by molar-refractivity contribution is 5.96. The van der Waals surface area contributed by atoms with Gasteiger partial charge in [0, 0.05) is 23.4 Å². The van der Waals surface area contributed by atoms with E-state index in [0.29, 0.717) is 16.1 Å². The fourth-order valence-electron chi connectivity index (χ4n) is 2.78. The number of nitrogens with zero attached hydrogens (tertiary/aromatic N) is 3. The molecule has 0 spiro atoms. The van der Waals surface area contributed by atoms with Crippen LogP contribution in [0.25, 0.3) is 12.2 Å². The van der Waals surface area contributed by atoms with Gasteiger partial charge in [0.25, 0.3) is 11.8 Å². The van der Waals surface area contributed by atoms with Crippen molar-refractivity contribution in [2.24, 2.45) is 0 Å². The smallest absolute Gasteiger partial charge is 0.268 e. The van der Waals surface area contributed by atoms with Crippen LogP contribution in [0, 0.1) is 11.3 Å². The Morgan fingerprint density at radius 3 is 2.75 bits per heavy atom. The SMILES string of the molecule is C=C/C=c1/nccc(C(=O)NCC(=O)N2CC(F)(F)CC2C#N)/c1=C/C.CC. The Labute approximate surface area is 162 Å². The fourth-order valence-corrected chi connectivity index (χ4v) is 2.78. The molecule has 2 heterocycles. The number of nitriles is 1. The minimum absolute atomic E-state index is 0.298. The standard InChI is InChI=1S/C18H18F2N4O2.C2H6/c1-3-5-15-13(4-2)14(6-7-22-15)17(26)23-10-16(25)24-11-18(19,20)8-12(24)9-21;1-2/h3-7,12H,1,8,10-11H2,2H3,(H,23,26);1-2H3/b13-4-,15-5+;. The maximum absolute atomic E-state index is 13.4. The van der Waals surface area contributed by atoms with Gasteiger partial charge in [-0.25, -0.2) is 8.78 Å². The molecule has 1 aromatic rings. The molecule has 150 valence electrons. The van der Waals surface area contributed by atoms with Crippen molar-refractivity contribution in [3.63, 3.8) is 0 Å². The lowest BCUT2D eigenvalue weighted by Crippen LogP contribution is -2.44. The topological polar surface area (TPSA) is 86.1 Å². The molecule has 1 N–H and O–H groups in total. The maximum Gasteiger partial charge on any atom is 0.268 e. The number of allylic oxidation sites excluding steroid dienone is 1. The number of nitrogens with one attached hydrogen (secondary N) is 1. The number of likely N-dealkylation sites (tertiary alicyclic amines) is 1. The molecule has 1 aromatic heterocycles. The highest BCUT2D eigenvalue weighted by Crippen LogP contribution is 2.31. The van der Waals surface area contributed by atoms with Crippen LogP contribution in [0.1, 0.15) is 37.6 Å². The Kier molecular flexibility index (Phi) is 8.45. The third-order valence-corrected chi connectivity index (χ3v) is 3.97. The number of carbonyl (C=O) groups is 2. The Balaban J connectivity index is 0.00000190. The van der Waals surface area contributed by atoms with E-state index in [2.05, 4.69) is 16.9 Å². The number of hydrogen-bond donors (Lipinski definition) is 1. The van der Waals surface area contributed by atoms with Crippen LogP contribution in [0.5, 0.6) is 0 Å². The summed E-state index contributed by atoms with van der Waals surface area (Å²) >= 11 is 0. The molecule has 2 amide bonds. The van der Waals surface area contributed by atoms with Crippen LogP contribution in [0.4, 0.5) is 8.78 Å². The van der Waals surface area contributed by atoms with E-state index in [1.165, 1.54) is 18.3 Å². The second kappa shape index (κ2) is 10.3. The molecule has 6 nitrogen and oxygen atoms in total. The number of hydrogen-bond acceptors (Lipinski definition) is 4. The van der Waals surface area contributed by atoms with Gasteiger partial charge in [0.15, 0.2) is 0 Å². The molecule has 1 unspecified atom stereocenters. The van der Waals surface area contributed by atoms with E-state index in [0.717, 1.165) is 4.90 Å². The lowest BCUT2D eigenvalue weighted by molar-refractivity contribution is -0.131. The quantitative estimate of drug-likeness (QED) is 0.841. The van der Waals surface area contributed by atoms with Crippen molar-refractivity contribution in [2.45, 2.75) is 39.2 Å². The maximum atomic E-state index is 13.4. The average Bonchev–Trinajstić information content (AvgIpc) is 3.02. The van der Waals surface area contributed by atoms with Crippen LogP contribution in [0.15, 0.2) is 24.9 Å². The molecular weight excluding hydrogens is 366 g/mol. The zero-order valence-electron chi connectivity index (χ0n) is 16.2. The van der Waals surface area contributed by atoms with E-state index in [-0.39, 0.29) is 0 Å². The molecule has 1 aliphatic rings. The van der Waals surface area contributed by atoms with Crippen molar-refractivity contribution in [2.75, 3.05) is 13.1 Å². The molecule has 2 rings (SSSR count). The predicted molar refractivity (Wildman–Crippen MR) is 103 cm³/mol. The molecule has 0 aliphatic carbocycles. The predicted octanol–water partition coefficient (Wildman–Crippen LogP) is 1.36. The van der Waals surface area contributed by atoms with Crippen LogP contribution in [-0.2, 0) is 4.79 Å². The van der Waals surface area contributed by atoms with Crippen LogP contribution in [0.2, 0.25) is 0 Å². The molecule has 0 aromatic carbocycles. The van der Waals surface area contributed by atoms with Gasteiger partial charge in [-0.2, -0.15) is 5.26 Å². The number of pyridine rings is 1. The first-order valence-electron chi connectivity index (χ1n) is 8.92. The molecule has 1 saturated heterocycles. The van der Waals surface area contributed by atoms with Crippen molar-refractivity contribution in [3.8, 4) is 6.07 Å². The highest BCUT2D eigenvalue weighted by Gasteiger charge is 2.47.